The van der Waals surface area contributed by atoms with Gasteiger partial charge in [0.1, 0.15) is 0 Å². The van der Waals surface area contributed by atoms with Crippen molar-refractivity contribution in [3.05, 3.63) is 58.0 Å². The standard InChI is InChI=1S/C18H23N3O2S/c1-13(2)8-9-19-16(22)10-15-11-17(23)21-18(20-15)24-12-14-6-4-3-5-7-14/h3-7,11,13H,8-10,12H2,1-2H3,(H,19,22)(H,20,21,23). The van der Waals surface area contributed by atoms with Crippen LogP contribution < -0.4 is 10.9 Å². The van der Waals surface area contributed by atoms with Gasteiger partial charge in [0.05, 0.1) is 12.1 Å². The lowest BCUT2D eigenvalue weighted by Crippen LogP contribution is -2.27. The summed E-state index contributed by atoms with van der Waals surface area (Å²) in [6.45, 7) is 4.87. The number of amides is 1. The topological polar surface area (TPSA) is 74.8 Å². The number of rotatable bonds is 8. The quantitative estimate of drug-likeness (QED) is 0.570. The summed E-state index contributed by atoms with van der Waals surface area (Å²) in [5.41, 5.74) is 1.42. The average Bonchev–Trinajstić information content (AvgIpc) is 2.53. The van der Waals surface area contributed by atoms with Crippen LogP contribution in [0.5, 0.6) is 0 Å². The fraction of sp³-hybridized carbons (Fsp3) is 0.389. The zero-order valence-corrected chi connectivity index (χ0v) is 14.9. The van der Waals surface area contributed by atoms with Crippen LogP contribution in [0.2, 0.25) is 0 Å². The average molecular weight is 345 g/mol. The van der Waals surface area contributed by atoms with Crippen molar-refractivity contribution in [2.75, 3.05) is 6.54 Å². The maximum Gasteiger partial charge on any atom is 0.251 e. The summed E-state index contributed by atoms with van der Waals surface area (Å²) in [6.07, 6.45) is 1.06. The zero-order chi connectivity index (χ0) is 17.4. The Bertz CT molecular complexity index is 714. The minimum absolute atomic E-state index is 0.104. The summed E-state index contributed by atoms with van der Waals surface area (Å²) in [6, 6.07) is 11.4. The molecule has 6 heteroatoms. The number of aromatic amines is 1. The fourth-order valence-electron chi connectivity index (χ4n) is 2.10. The first kappa shape index (κ1) is 18.3. The van der Waals surface area contributed by atoms with E-state index < -0.39 is 0 Å². The van der Waals surface area contributed by atoms with E-state index in [1.165, 1.54) is 17.8 Å². The first-order valence-corrected chi connectivity index (χ1v) is 9.05. The Morgan fingerprint density at radius 1 is 1.29 bits per heavy atom. The van der Waals surface area contributed by atoms with Crippen molar-refractivity contribution in [2.45, 2.75) is 37.6 Å². The Morgan fingerprint density at radius 2 is 2.04 bits per heavy atom. The van der Waals surface area contributed by atoms with Crippen LogP contribution in [-0.4, -0.2) is 22.4 Å². The summed E-state index contributed by atoms with van der Waals surface area (Å²) >= 11 is 1.45. The van der Waals surface area contributed by atoms with Gasteiger partial charge in [-0.15, -0.1) is 0 Å². The molecule has 0 saturated heterocycles. The zero-order valence-electron chi connectivity index (χ0n) is 14.0. The van der Waals surface area contributed by atoms with Crippen LogP contribution in [0.4, 0.5) is 0 Å². The molecule has 2 N–H and O–H groups in total. The second-order valence-electron chi connectivity index (χ2n) is 6.03. The van der Waals surface area contributed by atoms with Crippen molar-refractivity contribution < 1.29 is 4.79 Å². The van der Waals surface area contributed by atoms with Gasteiger partial charge in [-0.05, 0) is 17.9 Å². The van der Waals surface area contributed by atoms with Gasteiger partial charge >= 0.3 is 0 Å². The minimum atomic E-state index is -0.231. The van der Waals surface area contributed by atoms with Crippen molar-refractivity contribution in [3.63, 3.8) is 0 Å². The van der Waals surface area contributed by atoms with E-state index in [0.717, 1.165) is 12.0 Å². The van der Waals surface area contributed by atoms with Gasteiger partial charge in [0.25, 0.3) is 5.56 Å². The highest BCUT2D eigenvalue weighted by atomic mass is 32.2. The maximum absolute atomic E-state index is 11.9. The van der Waals surface area contributed by atoms with Crippen LogP contribution in [0.1, 0.15) is 31.5 Å². The molecule has 0 aliphatic heterocycles. The molecule has 5 nitrogen and oxygen atoms in total. The van der Waals surface area contributed by atoms with Gasteiger partial charge in [0.15, 0.2) is 5.16 Å². The summed E-state index contributed by atoms with van der Waals surface area (Å²) in [7, 11) is 0. The summed E-state index contributed by atoms with van der Waals surface area (Å²) < 4.78 is 0. The van der Waals surface area contributed by atoms with Gasteiger partial charge in [-0.25, -0.2) is 4.98 Å². The molecule has 0 radical (unpaired) electrons. The Morgan fingerprint density at radius 3 is 2.75 bits per heavy atom. The molecule has 2 aromatic rings. The van der Waals surface area contributed by atoms with Crippen molar-refractivity contribution in [1.82, 2.24) is 15.3 Å². The van der Waals surface area contributed by atoms with E-state index >= 15 is 0 Å². The summed E-state index contributed by atoms with van der Waals surface area (Å²) in [4.78, 5) is 30.8. The predicted octanol–water partition coefficient (Wildman–Crippen LogP) is 2.77. The number of carbonyl (C=O) groups excluding carboxylic acids is 1. The molecular formula is C18H23N3O2S. The number of hydrogen-bond acceptors (Lipinski definition) is 4. The van der Waals surface area contributed by atoms with E-state index in [2.05, 4.69) is 29.1 Å². The van der Waals surface area contributed by atoms with Gasteiger partial charge in [0.2, 0.25) is 5.91 Å². The third-order valence-electron chi connectivity index (χ3n) is 3.38. The minimum Gasteiger partial charge on any atom is -0.356 e. The first-order valence-electron chi connectivity index (χ1n) is 8.06. The number of nitrogens with zero attached hydrogens (tertiary/aromatic N) is 1. The predicted molar refractivity (Wildman–Crippen MR) is 97.0 cm³/mol. The Hall–Kier alpha value is -2.08. The number of aromatic nitrogens is 2. The van der Waals surface area contributed by atoms with E-state index in [-0.39, 0.29) is 17.9 Å². The molecule has 0 saturated carbocycles. The van der Waals surface area contributed by atoms with Gasteiger partial charge < -0.3 is 10.3 Å². The largest absolute Gasteiger partial charge is 0.356 e. The van der Waals surface area contributed by atoms with Crippen molar-refractivity contribution >= 4 is 17.7 Å². The molecule has 0 fully saturated rings. The molecule has 1 aromatic heterocycles. The van der Waals surface area contributed by atoms with Gasteiger partial charge in [-0.2, -0.15) is 0 Å². The normalized spacial score (nSPS) is 10.8. The lowest BCUT2D eigenvalue weighted by atomic mass is 10.1. The smallest absolute Gasteiger partial charge is 0.251 e. The molecule has 0 bridgehead atoms. The lowest BCUT2D eigenvalue weighted by molar-refractivity contribution is -0.120. The molecule has 0 spiro atoms. The molecule has 0 atom stereocenters. The van der Waals surface area contributed by atoms with Crippen LogP contribution >= 0.6 is 11.8 Å². The third kappa shape index (κ3) is 6.58. The third-order valence-corrected chi connectivity index (χ3v) is 4.32. The molecule has 0 unspecified atom stereocenters. The number of hydrogen-bond donors (Lipinski definition) is 2. The Balaban J connectivity index is 1.93. The van der Waals surface area contributed by atoms with Crippen molar-refractivity contribution in [3.8, 4) is 0 Å². The van der Waals surface area contributed by atoms with Gasteiger partial charge in [-0.1, -0.05) is 55.9 Å². The Kier molecular flexibility index (Phi) is 7.06. The van der Waals surface area contributed by atoms with Crippen LogP contribution in [-0.2, 0) is 17.0 Å². The van der Waals surface area contributed by atoms with E-state index in [1.54, 1.807) is 0 Å². The van der Waals surface area contributed by atoms with E-state index in [4.69, 9.17) is 0 Å². The number of carbonyl (C=O) groups is 1. The molecule has 2 rings (SSSR count). The Labute approximate surface area is 146 Å². The molecule has 1 heterocycles. The monoisotopic (exact) mass is 345 g/mol. The number of nitrogens with one attached hydrogen (secondary N) is 2. The molecule has 1 amide bonds. The molecule has 0 aliphatic carbocycles. The van der Waals surface area contributed by atoms with E-state index in [0.29, 0.717) is 29.1 Å². The summed E-state index contributed by atoms with van der Waals surface area (Å²) in [5.74, 6) is 1.16. The van der Waals surface area contributed by atoms with Gasteiger partial charge in [0, 0.05) is 18.4 Å². The molecule has 128 valence electrons. The molecule has 0 aliphatic rings. The number of thioether (sulfide) groups is 1. The van der Waals surface area contributed by atoms with Gasteiger partial charge in [-0.3, -0.25) is 9.59 Å². The van der Waals surface area contributed by atoms with Crippen molar-refractivity contribution in [1.29, 1.82) is 0 Å². The van der Waals surface area contributed by atoms with E-state index in [1.807, 2.05) is 30.3 Å². The molecule has 24 heavy (non-hydrogen) atoms. The highest BCUT2D eigenvalue weighted by molar-refractivity contribution is 7.98. The maximum atomic E-state index is 11.9. The molecular weight excluding hydrogens is 322 g/mol. The van der Waals surface area contributed by atoms with Crippen LogP contribution in [0.25, 0.3) is 0 Å². The fourth-order valence-corrected chi connectivity index (χ4v) is 2.95. The SMILES string of the molecule is CC(C)CCNC(=O)Cc1cc(=O)[nH]c(SCc2ccccc2)n1. The highest BCUT2D eigenvalue weighted by Crippen LogP contribution is 2.18. The van der Waals surface area contributed by atoms with Crippen LogP contribution in [0.15, 0.2) is 46.3 Å². The second-order valence-corrected chi connectivity index (χ2v) is 6.99. The molecule has 1 aromatic carbocycles. The lowest BCUT2D eigenvalue weighted by Gasteiger charge is -2.07. The van der Waals surface area contributed by atoms with Crippen molar-refractivity contribution in [2.24, 2.45) is 5.92 Å². The first-order chi connectivity index (χ1) is 11.5. The number of H-pyrrole nitrogens is 1. The van der Waals surface area contributed by atoms with E-state index in [9.17, 15) is 9.59 Å². The number of benzene rings is 1. The second kappa shape index (κ2) is 9.27. The van der Waals surface area contributed by atoms with Crippen LogP contribution in [0.3, 0.4) is 0 Å². The summed E-state index contributed by atoms with van der Waals surface area (Å²) in [5, 5.41) is 3.40. The van der Waals surface area contributed by atoms with Crippen LogP contribution in [0, 0.1) is 5.92 Å². The highest BCUT2D eigenvalue weighted by Gasteiger charge is 2.08.